The first-order valence-corrected chi connectivity index (χ1v) is 7.88. The van der Waals surface area contributed by atoms with E-state index in [4.69, 9.17) is 11.6 Å². The zero-order valence-electron chi connectivity index (χ0n) is 13.1. The summed E-state index contributed by atoms with van der Waals surface area (Å²) in [6, 6.07) is 7.74. The maximum atomic E-state index is 13.3. The van der Waals surface area contributed by atoms with Gasteiger partial charge in [-0.1, -0.05) is 17.7 Å². The van der Waals surface area contributed by atoms with Crippen LogP contribution >= 0.6 is 11.6 Å². The average molecular weight is 380 g/mol. The van der Waals surface area contributed by atoms with Crippen LogP contribution in [0.25, 0.3) is 0 Å². The van der Waals surface area contributed by atoms with Gasteiger partial charge in [-0.2, -0.15) is 0 Å². The Kier molecular flexibility index (Phi) is 4.85. The van der Waals surface area contributed by atoms with Crippen LogP contribution in [0, 0.1) is 17.6 Å². The molecule has 1 aliphatic heterocycles. The van der Waals surface area contributed by atoms with Gasteiger partial charge in [0.15, 0.2) is 0 Å². The molecule has 0 saturated carbocycles. The maximum absolute atomic E-state index is 13.3. The van der Waals surface area contributed by atoms with Gasteiger partial charge in [-0.25, -0.2) is 18.5 Å². The van der Waals surface area contributed by atoms with Gasteiger partial charge < -0.3 is 10.6 Å². The van der Waals surface area contributed by atoms with E-state index in [2.05, 4.69) is 10.6 Å². The van der Waals surface area contributed by atoms with Gasteiger partial charge >= 0.3 is 6.03 Å². The van der Waals surface area contributed by atoms with Gasteiger partial charge in [0, 0.05) is 12.2 Å². The molecule has 2 aromatic rings. The molecule has 26 heavy (non-hydrogen) atoms. The minimum absolute atomic E-state index is 0.0298. The van der Waals surface area contributed by atoms with Gasteiger partial charge in [-0.3, -0.25) is 9.59 Å². The smallest absolute Gasteiger partial charge is 0.328 e. The van der Waals surface area contributed by atoms with E-state index in [0.717, 1.165) is 18.2 Å². The summed E-state index contributed by atoms with van der Waals surface area (Å²) in [6.45, 7) is -0.218. The maximum Gasteiger partial charge on any atom is 0.328 e. The van der Waals surface area contributed by atoms with Gasteiger partial charge in [0.1, 0.15) is 17.6 Å². The largest absolute Gasteiger partial charge is 0.336 e. The summed E-state index contributed by atoms with van der Waals surface area (Å²) in [4.78, 5) is 37.8. The van der Waals surface area contributed by atoms with Crippen LogP contribution in [-0.4, -0.2) is 24.4 Å². The standard InChI is InChI=1S/C17H12ClF2N3O3/c18-13-7-11(4-5-14(13)20)23-16(25)12(8-21-17(23)26)15(24)22-10-3-1-2-9(19)6-10/h1-7,12H,8H2,(H,21,26)(H,22,24). The van der Waals surface area contributed by atoms with Crippen LogP contribution in [0.4, 0.5) is 25.0 Å². The topological polar surface area (TPSA) is 78.5 Å². The zero-order chi connectivity index (χ0) is 18.8. The predicted octanol–water partition coefficient (Wildman–Crippen LogP) is 2.93. The monoisotopic (exact) mass is 379 g/mol. The lowest BCUT2D eigenvalue weighted by Gasteiger charge is -2.30. The second-order valence-electron chi connectivity index (χ2n) is 5.51. The first-order chi connectivity index (χ1) is 12.4. The summed E-state index contributed by atoms with van der Waals surface area (Å²) in [6.07, 6.45) is 0. The van der Waals surface area contributed by atoms with E-state index in [9.17, 15) is 23.2 Å². The fraction of sp³-hybridized carbons (Fsp3) is 0.118. The van der Waals surface area contributed by atoms with Crippen molar-refractivity contribution < 1.29 is 23.2 Å². The van der Waals surface area contributed by atoms with E-state index >= 15 is 0 Å². The molecule has 2 aromatic carbocycles. The molecule has 1 heterocycles. The Balaban J connectivity index is 1.83. The minimum atomic E-state index is -1.24. The Labute approximate surface area is 151 Å². The molecular formula is C17H12ClF2N3O3. The Morgan fingerprint density at radius 1 is 1.19 bits per heavy atom. The molecule has 0 bridgehead atoms. The van der Waals surface area contributed by atoms with E-state index in [1.807, 2.05) is 0 Å². The van der Waals surface area contributed by atoms with Crippen molar-refractivity contribution in [2.45, 2.75) is 0 Å². The summed E-state index contributed by atoms with van der Waals surface area (Å²) in [5.74, 6) is -4.00. The van der Waals surface area contributed by atoms with Crippen molar-refractivity contribution in [3.63, 3.8) is 0 Å². The number of hydrogen-bond donors (Lipinski definition) is 2. The molecule has 1 saturated heterocycles. The third-order valence-corrected chi connectivity index (χ3v) is 4.04. The highest BCUT2D eigenvalue weighted by atomic mass is 35.5. The van der Waals surface area contributed by atoms with Crippen molar-refractivity contribution in [3.8, 4) is 0 Å². The number of hydrogen-bond acceptors (Lipinski definition) is 3. The van der Waals surface area contributed by atoms with E-state index in [-0.39, 0.29) is 22.9 Å². The Morgan fingerprint density at radius 3 is 2.65 bits per heavy atom. The van der Waals surface area contributed by atoms with Gasteiger partial charge in [0.05, 0.1) is 10.7 Å². The highest BCUT2D eigenvalue weighted by Gasteiger charge is 2.39. The van der Waals surface area contributed by atoms with Crippen molar-refractivity contribution in [1.82, 2.24) is 5.32 Å². The molecule has 134 valence electrons. The normalized spacial score (nSPS) is 17.0. The molecule has 9 heteroatoms. The number of carbonyl (C=O) groups is 3. The lowest BCUT2D eigenvalue weighted by atomic mass is 10.0. The zero-order valence-corrected chi connectivity index (χ0v) is 13.9. The SMILES string of the molecule is O=C(Nc1cccc(F)c1)C1CNC(=O)N(c2ccc(F)c(Cl)c2)C1=O. The first-order valence-electron chi connectivity index (χ1n) is 7.50. The van der Waals surface area contributed by atoms with E-state index in [1.54, 1.807) is 0 Å². The summed E-state index contributed by atoms with van der Waals surface area (Å²) in [5.41, 5.74) is 0.207. The van der Waals surface area contributed by atoms with Crippen molar-refractivity contribution in [2.75, 3.05) is 16.8 Å². The van der Waals surface area contributed by atoms with Crippen LogP contribution in [0.1, 0.15) is 0 Å². The number of nitrogens with one attached hydrogen (secondary N) is 2. The highest BCUT2D eigenvalue weighted by molar-refractivity contribution is 6.31. The Bertz CT molecular complexity index is 907. The molecule has 1 unspecified atom stereocenters. The summed E-state index contributed by atoms with van der Waals surface area (Å²) in [5, 5.41) is 4.58. The van der Waals surface area contributed by atoms with Crippen molar-refractivity contribution in [3.05, 3.63) is 59.1 Å². The number of benzene rings is 2. The molecular weight excluding hydrogens is 368 g/mol. The van der Waals surface area contributed by atoms with Crippen LogP contribution in [0.15, 0.2) is 42.5 Å². The van der Waals surface area contributed by atoms with Gasteiger partial charge in [0.2, 0.25) is 11.8 Å². The van der Waals surface area contributed by atoms with Gasteiger partial charge in [-0.15, -0.1) is 0 Å². The lowest BCUT2D eigenvalue weighted by Crippen LogP contribution is -2.58. The first kappa shape index (κ1) is 17.8. The molecule has 1 atom stereocenters. The second kappa shape index (κ2) is 7.09. The lowest BCUT2D eigenvalue weighted by molar-refractivity contribution is -0.130. The molecule has 1 fully saturated rings. The Morgan fingerprint density at radius 2 is 1.96 bits per heavy atom. The van der Waals surface area contributed by atoms with Crippen molar-refractivity contribution in [2.24, 2.45) is 5.92 Å². The fourth-order valence-electron chi connectivity index (χ4n) is 2.48. The molecule has 2 N–H and O–H groups in total. The van der Waals surface area contributed by atoms with E-state index in [0.29, 0.717) is 4.90 Å². The molecule has 1 aliphatic rings. The third kappa shape index (κ3) is 3.50. The molecule has 3 rings (SSSR count). The minimum Gasteiger partial charge on any atom is -0.336 e. The molecule has 0 radical (unpaired) electrons. The molecule has 0 spiro atoms. The van der Waals surface area contributed by atoms with Crippen LogP contribution in [0.3, 0.4) is 0 Å². The highest BCUT2D eigenvalue weighted by Crippen LogP contribution is 2.26. The number of carbonyl (C=O) groups excluding carboxylic acids is 3. The summed E-state index contributed by atoms with van der Waals surface area (Å²) in [7, 11) is 0. The van der Waals surface area contributed by atoms with Crippen LogP contribution in [0.5, 0.6) is 0 Å². The summed E-state index contributed by atoms with van der Waals surface area (Å²) < 4.78 is 26.5. The summed E-state index contributed by atoms with van der Waals surface area (Å²) >= 11 is 5.69. The number of halogens is 3. The number of imide groups is 1. The molecule has 0 aliphatic carbocycles. The van der Waals surface area contributed by atoms with Crippen LogP contribution < -0.4 is 15.5 Å². The number of rotatable bonds is 3. The number of nitrogens with zero attached hydrogens (tertiary/aromatic N) is 1. The average Bonchev–Trinajstić information content (AvgIpc) is 2.58. The van der Waals surface area contributed by atoms with Gasteiger partial charge in [-0.05, 0) is 36.4 Å². The van der Waals surface area contributed by atoms with Crippen molar-refractivity contribution in [1.29, 1.82) is 0 Å². The quantitative estimate of drug-likeness (QED) is 0.805. The third-order valence-electron chi connectivity index (χ3n) is 3.75. The molecule has 0 aromatic heterocycles. The van der Waals surface area contributed by atoms with Gasteiger partial charge in [0.25, 0.3) is 0 Å². The number of urea groups is 1. The van der Waals surface area contributed by atoms with E-state index < -0.39 is 35.4 Å². The number of anilines is 2. The molecule has 6 nitrogen and oxygen atoms in total. The predicted molar refractivity (Wildman–Crippen MR) is 90.8 cm³/mol. The second-order valence-corrected chi connectivity index (χ2v) is 5.92. The Hall–Kier alpha value is -3.00. The van der Waals surface area contributed by atoms with Crippen molar-refractivity contribution >= 4 is 40.8 Å². The van der Waals surface area contributed by atoms with Crippen LogP contribution in [0.2, 0.25) is 5.02 Å². The van der Waals surface area contributed by atoms with E-state index in [1.165, 1.54) is 24.3 Å². The van der Waals surface area contributed by atoms with Crippen LogP contribution in [-0.2, 0) is 9.59 Å². The molecule has 4 amide bonds. The fourth-order valence-corrected chi connectivity index (χ4v) is 2.66. The number of amides is 4.